The van der Waals surface area contributed by atoms with Gasteiger partial charge in [0.2, 0.25) is 0 Å². The minimum absolute atomic E-state index is 0.407. The zero-order valence-corrected chi connectivity index (χ0v) is 13.5. The number of thiophene rings is 1. The van der Waals surface area contributed by atoms with Crippen LogP contribution in [0, 0.1) is 5.92 Å². The number of hydrogen-bond donors (Lipinski definition) is 1. The molecule has 1 aliphatic carbocycles. The van der Waals surface area contributed by atoms with Crippen LogP contribution in [0.2, 0.25) is 0 Å². The third-order valence-corrected chi connectivity index (χ3v) is 5.39. The zero-order valence-electron chi connectivity index (χ0n) is 11.1. The van der Waals surface area contributed by atoms with Crippen molar-refractivity contribution in [1.29, 1.82) is 0 Å². The van der Waals surface area contributed by atoms with Gasteiger partial charge in [-0.05, 0) is 58.7 Å². The maximum absolute atomic E-state index is 6.29. The number of hydrogen-bond acceptors (Lipinski definition) is 3. The van der Waals surface area contributed by atoms with Crippen LogP contribution in [0.4, 0.5) is 0 Å². The summed E-state index contributed by atoms with van der Waals surface area (Å²) >= 11 is 5.28. The first kappa shape index (κ1) is 14.5. The Morgan fingerprint density at radius 1 is 1.39 bits per heavy atom. The molecule has 1 aromatic rings. The normalized spacial score (nSPS) is 25.3. The highest BCUT2D eigenvalue weighted by Gasteiger charge is 2.21. The lowest BCUT2D eigenvalue weighted by Crippen LogP contribution is -2.37. The molecule has 1 fully saturated rings. The average molecular weight is 331 g/mol. The van der Waals surface area contributed by atoms with Gasteiger partial charge in [0.15, 0.2) is 0 Å². The van der Waals surface area contributed by atoms with Gasteiger partial charge in [-0.3, -0.25) is 0 Å². The highest BCUT2D eigenvalue weighted by atomic mass is 79.9. The molecule has 0 radical (unpaired) electrons. The van der Waals surface area contributed by atoms with E-state index in [-0.39, 0.29) is 0 Å². The van der Waals surface area contributed by atoms with Crippen LogP contribution in [0.1, 0.15) is 37.7 Å². The van der Waals surface area contributed by atoms with E-state index in [2.05, 4.69) is 39.3 Å². The van der Waals surface area contributed by atoms with Crippen molar-refractivity contribution in [2.45, 2.75) is 44.7 Å². The van der Waals surface area contributed by atoms with Crippen molar-refractivity contribution in [1.82, 2.24) is 4.90 Å². The molecule has 2 nitrogen and oxygen atoms in total. The van der Waals surface area contributed by atoms with Gasteiger partial charge >= 0.3 is 0 Å². The fraction of sp³-hybridized carbons (Fsp3) is 0.714. The molecule has 18 heavy (non-hydrogen) atoms. The number of rotatable bonds is 4. The molecule has 4 heteroatoms. The Morgan fingerprint density at radius 3 is 2.89 bits per heavy atom. The van der Waals surface area contributed by atoms with E-state index < -0.39 is 0 Å². The van der Waals surface area contributed by atoms with Crippen molar-refractivity contribution < 1.29 is 0 Å². The molecule has 2 N–H and O–H groups in total. The van der Waals surface area contributed by atoms with Crippen LogP contribution in [-0.2, 0) is 6.54 Å². The van der Waals surface area contributed by atoms with E-state index in [1.807, 2.05) is 0 Å². The van der Waals surface area contributed by atoms with E-state index >= 15 is 0 Å². The van der Waals surface area contributed by atoms with Crippen LogP contribution in [0.25, 0.3) is 0 Å². The zero-order chi connectivity index (χ0) is 13.0. The van der Waals surface area contributed by atoms with Gasteiger partial charge in [-0.1, -0.05) is 19.3 Å². The number of nitrogens with zero attached hydrogens (tertiary/aromatic N) is 1. The molecule has 1 heterocycles. The second kappa shape index (κ2) is 7.04. The van der Waals surface area contributed by atoms with Crippen LogP contribution >= 0.6 is 27.3 Å². The van der Waals surface area contributed by atoms with Crippen molar-refractivity contribution in [2.24, 2.45) is 11.7 Å². The summed E-state index contributed by atoms with van der Waals surface area (Å²) in [6, 6.07) is 2.62. The number of halogens is 1. The first-order valence-electron chi connectivity index (χ1n) is 6.82. The van der Waals surface area contributed by atoms with Crippen molar-refractivity contribution in [3.8, 4) is 0 Å². The van der Waals surface area contributed by atoms with Gasteiger partial charge < -0.3 is 10.6 Å². The maximum atomic E-state index is 6.29. The van der Waals surface area contributed by atoms with Gasteiger partial charge in [0, 0.05) is 19.1 Å². The van der Waals surface area contributed by atoms with Gasteiger partial charge in [0.25, 0.3) is 0 Å². The molecule has 1 aromatic heterocycles. The monoisotopic (exact) mass is 330 g/mol. The summed E-state index contributed by atoms with van der Waals surface area (Å²) in [5.74, 6) is 0.680. The van der Waals surface area contributed by atoms with E-state index in [9.17, 15) is 0 Å². The molecule has 2 unspecified atom stereocenters. The molecule has 1 saturated carbocycles. The lowest BCUT2D eigenvalue weighted by molar-refractivity contribution is 0.237. The first-order chi connectivity index (χ1) is 8.65. The third-order valence-electron chi connectivity index (χ3n) is 3.84. The summed E-state index contributed by atoms with van der Waals surface area (Å²) in [5.41, 5.74) is 7.69. The maximum Gasteiger partial charge on any atom is 0.0701 e. The van der Waals surface area contributed by atoms with E-state index in [1.54, 1.807) is 11.3 Å². The Kier molecular flexibility index (Phi) is 5.67. The Bertz CT molecular complexity index is 366. The summed E-state index contributed by atoms with van der Waals surface area (Å²) in [7, 11) is 2.21. The Morgan fingerprint density at radius 2 is 2.17 bits per heavy atom. The molecule has 2 atom stereocenters. The molecule has 2 rings (SSSR count). The van der Waals surface area contributed by atoms with Gasteiger partial charge in [0.05, 0.1) is 3.79 Å². The summed E-state index contributed by atoms with van der Waals surface area (Å²) < 4.78 is 1.22. The van der Waals surface area contributed by atoms with E-state index in [0.29, 0.717) is 12.0 Å². The van der Waals surface area contributed by atoms with Crippen molar-refractivity contribution >= 4 is 27.3 Å². The molecule has 102 valence electrons. The Balaban J connectivity index is 1.84. The molecule has 0 amide bonds. The molecule has 0 aromatic carbocycles. The average Bonchev–Trinajstić information content (AvgIpc) is 2.61. The van der Waals surface area contributed by atoms with Crippen LogP contribution in [0.5, 0.6) is 0 Å². The highest BCUT2D eigenvalue weighted by Crippen LogP contribution is 2.25. The molecular formula is C14H23BrN2S. The summed E-state index contributed by atoms with van der Waals surface area (Å²) in [6.07, 6.45) is 6.56. The molecular weight excluding hydrogens is 308 g/mol. The summed E-state index contributed by atoms with van der Waals surface area (Å²) in [6.45, 7) is 2.17. The lowest BCUT2D eigenvalue weighted by atomic mass is 9.95. The van der Waals surface area contributed by atoms with Crippen molar-refractivity contribution in [3.05, 3.63) is 20.8 Å². The fourth-order valence-corrected chi connectivity index (χ4v) is 4.05. The Hall–Kier alpha value is 0.1000. The predicted octanol–water partition coefficient (Wildman–Crippen LogP) is 3.85. The molecule has 0 aliphatic heterocycles. The summed E-state index contributed by atoms with van der Waals surface area (Å²) in [4.78, 5) is 2.42. The highest BCUT2D eigenvalue weighted by molar-refractivity contribution is 9.11. The molecule has 0 spiro atoms. The molecule has 1 aliphatic rings. The second-order valence-corrected chi connectivity index (χ2v) is 7.81. The first-order valence-corrected chi connectivity index (χ1v) is 8.49. The number of nitrogens with two attached hydrogens (primary N) is 1. The molecule has 0 saturated heterocycles. The van der Waals surface area contributed by atoms with Gasteiger partial charge in [-0.25, -0.2) is 0 Å². The van der Waals surface area contributed by atoms with Gasteiger partial charge in [-0.15, -0.1) is 11.3 Å². The van der Waals surface area contributed by atoms with Crippen LogP contribution < -0.4 is 5.73 Å². The van der Waals surface area contributed by atoms with E-state index in [4.69, 9.17) is 5.73 Å². The smallest absolute Gasteiger partial charge is 0.0701 e. The minimum atomic E-state index is 0.407. The standard InChI is InChI=1S/C14H23BrN2S/c1-17(8-11-7-14(15)18-10-11)9-12-5-3-2-4-6-13(12)16/h7,10,12-13H,2-6,8-9,16H2,1H3. The van der Waals surface area contributed by atoms with Crippen molar-refractivity contribution in [3.63, 3.8) is 0 Å². The fourth-order valence-electron chi connectivity index (χ4n) is 2.85. The van der Waals surface area contributed by atoms with Crippen LogP contribution in [0.15, 0.2) is 15.2 Å². The van der Waals surface area contributed by atoms with Crippen LogP contribution in [-0.4, -0.2) is 24.5 Å². The second-order valence-electron chi connectivity index (χ2n) is 5.52. The largest absolute Gasteiger partial charge is 0.327 e. The van der Waals surface area contributed by atoms with Gasteiger partial charge in [-0.2, -0.15) is 0 Å². The van der Waals surface area contributed by atoms with Gasteiger partial charge in [0.1, 0.15) is 0 Å². The summed E-state index contributed by atoms with van der Waals surface area (Å²) in [5, 5.41) is 2.23. The topological polar surface area (TPSA) is 29.3 Å². The van der Waals surface area contributed by atoms with Crippen LogP contribution in [0.3, 0.4) is 0 Å². The Labute approximate surface area is 123 Å². The predicted molar refractivity (Wildman–Crippen MR) is 82.9 cm³/mol. The molecule has 0 bridgehead atoms. The minimum Gasteiger partial charge on any atom is -0.327 e. The van der Waals surface area contributed by atoms with Crippen molar-refractivity contribution in [2.75, 3.05) is 13.6 Å². The lowest BCUT2D eigenvalue weighted by Gasteiger charge is -2.26. The third kappa shape index (κ3) is 4.34. The van der Waals surface area contributed by atoms with E-state index in [0.717, 1.165) is 13.1 Å². The SMILES string of the molecule is CN(Cc1csc(Br)c1)CC1CCCCCC1N. The van der Waals surface area contributed by atoms with E-state index in [1.165, 1.54) is 41.5 Å². The quantitative estimate of drug-likeness (QED) is 0.849.